The molecule has 4 aromatic carbocycles. The van der Waals surface area contributed by atoms with Crippen LogP contribution in [0.1, 0.15) is 42.5 Å². The second-order valence-corrected chi connectivity index (χ2v) is 25.0. The predicted octanol–water partition coefficient (Wildman–Crippen LogP) is 12.6. The molecule has 2 N–H and O–H groups in total. The lowest BCUT2D eigenvalue weighted by Gasteiger charge is -2.16. The van der Waals surface area contributed by atoms with E-state index < -0.39 is 32.3 Å². The predicted molar refractivity (Wildman–Crippen MR) is 252 cm³/mol. The van der Waals surface area contributed by atoms with E-state index in [2.05, 4.69) is 132 Å². The topological polar surface area (TPSA) is 98.1 Å². The minimum Gasteiger partial charge on any atom is -0.361 e. The van der Waals surface area contributed by atoms with Crippen LogP contribution in [-0.2, 0) is 27.5 Å². The van der Waals surface area contributed by atoms with Crippen molar-refractivity contribution in [3.63, 3.8) is 0 Å². The minimum absolute atomic E-state index is 0. The number of halogens is 2. The molecule has 61 heavy (non-hydrogen) atoms. The number of aryl methyl sites for hydroxylation is 2. The van der Waals surface area contributed by atoms with Gasteiger partial charge in [-0.25, -0.2) is 18.7 Å². The lowest BCUT2D eigenvalue weighted by molar-refractivity contribution is -0.118. The average Bonchev–Trinajstić information content (AvgIpc) is 3.76. The molecule has 0 unspecified atom stereocenters. The molecule has 316 valence electrons. The van der Waals surface area contributed by atoms with E-state index in [1.165, 1.54) is 61.4 Å². The Morgan fingerprint density at radius 1 is 0.803 bits per heavy atom. The van der Waals surface area contributed by atoms with Crippen molar-refractivity contribution < 1.29 is 23.1 Å². The molecule has 10 rings (SSSR count). The highest BCUT2D eigenvalue weighted by atomic mass is 32.1. The smallest absolute Gasteiger partial charge is 0.232 e. The largest absolute Gasteiger partial charge is 0.361 e. The number of carbonyl (C=O) groups excluding carboxylic acids is 2. The zero-order valence-corrected chi connectivity index (χ0v) is 36.9. The number of nitrogens with one attached hydrogen (secondary N) is 2. The Hall–Kier alpha value is -5.08. The Labute approximate surface area is 364 Å². The zero-order valence-electron chi connectivity index (χ0n) is 34.3. The van der Waals surface area contributed by atoms with Gasteiger partial charge in [0.1, 0.15) is 19.1 Å². The molecular formula is C48H51F2N5O3S2Si. The molecule has 3 aliphatic rings. The van der Waals surface area contributed by atoms with E-state index in [-0.39, 0.29) is 19.2 Å². The number of ether oxygens (including phenoxy) is 1. The molecular weight excluding hydrogens is 825 g/mol. The molecule has 3 aromatic heterocycles. The van der Waals surface area contributed by atoms with Gasteiger partial charge in [0.2, 0.25) is 11.8 Å². The first-order valence-corrected chi connectivity index (χ1v) is 25.8. The molecule has 3 aliphatic carbocycles. The number of allylic oxidation sites excluding steroid dienone is 1. The van der Waals surface area contributed by atoms with Crippen LogP contribution in [0.2, 0.25) is 25.7 Å². The van der Waals surface area contributed by atoms with Gasteiger partial charge in [0.25, 0.3) is 0 Å². The third-order valence-electron chi connectivity index (χ3n) is 11.5. The Bertz CT molecular complexity index is 2840. The number of rotatable bonds is 11. The first kappa shape index (κ1) is 42.6. The number of fused-ring (bicyclic) bond motifs is 4. The number of benzene rings is 4. The van der Waals surface area contributed by atoms with Crippen molar-refractivity contribution in [2.24, 2.45) is 11.8 Å². The standard InChI is InChI=1S/C26H30FN3O2SSi.C21H17FN2OS.CH4/c1-16-5-7-22-18(9-10-30(22)15-32-11-12-34(2,3)4)24(16)17-6-8-23-21(13-17)28-26(33-23)29-25(31)19-14-20(19)27;1-11-5-6-12-3-2-4-14(12)19(11)13-7-8-18-17(9-13)23-21(26-18)24-20(25)15-10-16(15)22;/h5-10,13,19-20H,11-12,14-15H2,1-4H3,(H,28,29,31);2,4-9,15-16H,3,10H2,1H3,(H,23,24,25);1H4/t19-,20+;15-,16+;/m11./s1. The van der Waals surface area contributed by atoms with E-state index in [9.17, 15) is 18.4 Å². The van der Waals surface area contributed by atoms with Crippen LogP contribution in [0.3, 0.4) is 0 Å². The normalized spacial score (nSPS) is 18.7. The molecule has 0 saturated heterocycles. The summed E-state index contributed by atoms with van der Waals surface area (Å²) >= 11 is 2.84. The highest BCUT2D eigenvalue weighted by Gasteiger charge is 2.44. The molecule has 7 aromatic rings. The zero-order chi connectivity index (χ0) is 41.9. The monoisotopic (exact) mass is 875 g/mol. The number of alkyl halides is 2. The molecule has 2 fully saturated rings. The van der Waals surface area contributed by atoms with Gasteiger partial charge in [-0.1, -0.05) is 92.2 Å². The van der Waals surface area contributed by atoms with Gasteiger partial charge < -0.3 is 19.9 Å². The molecule has 2 saturated carbocycles. The molecule has 0 aliphatic heterocycles. The van der Waals surface area contributed by atoms with Crippen molar-refractivity contribution in [3.05, 3.63) is 101 Å². The maximum Gasteiger partial charge on any atom is 0.232 e. The van der Waals surface area contributed by atoms with Crippen molar-refractivity contribution in [1.82, 2.24) is 14.5 Å². The van der Waals surface area contributed by atoms with E-state index in [0.29, 0.717) is 29.8 Å². The highest BCUT2D eigenvalue weighted by molar-refractivity contribution is 7.22. The van der Waals surface area contributed by atoms with Crippen molar-refractivity contribution in [1.29, 1.82) is 0 Å². The highest BCUT2D eigenvalue weighted by Crippen LogP contribution is 2.40. The Morgan fingerprint density at radius 3 is 1.93 bits per heavy atom. The molecule has 0 radical (unpaired) electrons. The molecule has 4 atom stereocenters. The minimum atomic E-state index is -1.11. The van der Waals surface area contributed by atoms with Crippen molar-refractivity contribution in [2.45, 2.75) is 85.3 Å². The van der Waals surface area contributed by atoms with Crippen LogP contribution >= 0.6 is 22.7 Å². The summed E-state index contributed by atoms with van der Waals surface area (Å²) in [5.74, 6) is -1.57. The van der Waals surface area contributed by atoms with E-state index >= 15 is 0 Å². The second kappa shape index (κ2) is 17.0. The Morgan fingerprint density at radius 2 is 1.36 bits per heavy atom. The van der Waals surface area contributed by atoms with E-state index in [1.54, 1.807) is 0 Å². The number of aromatic nitrogens is 3. The number of hydrogen-bond donors (Lipinski definition) is 2. The van der Waals surface area contributed by atoms with E-state index in [1.807, 2.05) is 12.1 Å². The summed E-state index contributed by atoms with van der Waals surface area (Å²) in [6.45, 7) is 12.7. The molecule has 3 heterocycles. The first-order chi connectivity index (χ1) is 28.8. The van der Waals surface area contributed by atoms with Crippen molar-refractivity contribution in [2.75, 3.05) is 17.2 Å². The summed E-state index contributed by atoms with van der Waals surface area (Å²) in [5, 5.41) is 7.77. The summed E-state index contributed by atoms with van der Waals surface area (Å²) in [6.07, 6.45) is 6.09. The number of hydrogen-bond acceptors (Lipinski definition) is 7. The SMILES string of the molecule is C.Cc1ccc2c(c1-c1ccc3sc(NC(=O)[C@@H]4C[C@@H]4F)nc3c1)C=CC2.Cc1ccc2c(ccn2COCC[Si](C)(C)C)c1-c1ccc2sc(NC(=O)[C@@H]3C[C@@H]3F)nc2c1. The lowest BCUT2D eigenvalue weighted by Crippen LogP contribution is -2.21. The molecule has 0 bridgehead atoms. The number of carbonyl (C=O) groups is 2. The number of anilines is 2. The Kier molecular flexibility index (Phi) is 11.9. The van der Waals surface area contributed by atoms with Crippen molar-refractivity contribution in [3.8, 4) is 22.3 Å². The van der Waals surface area contributed by atoms with E-state index in [4.69, 9.17) is 4.74 Å². The average molecular weight is 876 g/mol. The number of nitrogens with zero attached hydrogens (tertiary/aromatic N) is 3. The number of amides is 2. The quantitative estimate of drug-likeness (QED) is 0.0996. The van der Waals surface area contributed by atoms with Crippen LogP contribution in [0.4, 0.5) is 19.0 Å². The van der Waals surface area contributed by atoms with Crippen molar-refractivity contribution >= 4 is 90.2 Å². The lowest BCUT2D eigenvalue weighted by atomic mass is 9.93. The maximum absolute atomic E-state index is 13.2. The van der Waals surface area contributed by atoms with Gasteiger partial charge in [-0.2, -0.15) is 0 Å². The molecule has 13 heteroatoms. The van der Waals surface area contributed by atoms with Gasteiger partial charge in [0.15, 0.2) is 10.3 Å². The van der Waals surface area contributed by atoms with Crippen LogP contribution in [0.15, 0.2) is 79.0 Å². The van der Waals surface area contributed by atoms with Crippen LogP contribution in [-0.4, -0.2) is 53.4 Å². The van der Waals surface area contributed by atoms with Gasteiger partial charge in [-0.05, 0) is 120 Å². The van der Waals surface area contributed by atoms with Crippen LogP contribution in [0.5, 0.6) is 0 Å². The second-order valence-electron chi connectivity index (χ2n) is 17.4. The first-order valence-electron chi connectivity index (χ1n) is 20.5. The summed E-state index contributed by atoms with van der Waals surface area (Å²) in [6, 6.07) is 24.4. The van der Waals surface area contributed by atoms with Crippen LogP contribution in [0, 0.1) is 25.7 Å². The molecule has 0 spiro atoms. The fraction of sp³-hybridized carbons (Fsp3) is 0.333. The van der Waals surface area contributed by atoms with Gasteiger partial charge in [0.05, 0.1) is 37.8 Å². The summed E-state index contributed by atoms with van der Waals surface area (Å²) in [4.78, 5) is 33.2. The van der Waals surface area contributed by atoms with Gasteiger partial charge >= 0.3 is 0 Å². The van der Waals surface area contributed by atoms with Crippen LogP contribution in [0.25, 0.3) is 59.7 Å². The summed E-state index contributed by atoms with van der Waals surface area (Å²) < 4.78 is 36.4. The maximum atomic E-state index is 13.2. The Balaban J connectivity index is 0.000000171. The van der Waals surface area contributed by atoms with E-state index in [0.717, 1.165) is 56.1 Å². The molecule has 2 amide bonds. The third-order valence-corrected chi connectivity index (χ3v) is 15.1. The third kappa shape index (κ3) is 9.11. The van der Waals surface area contributed by atoms with Gasteiger partial charge in [-0.15, -0.1) is 0 Å². The number of thiazole rings is 2. The summed E-state index contributed by atoms with van der Waals surface area (Å²) in [7, 11) is -1.11. The van der Waals surface area contributed by atoms with Crippen LogP contribution < -0.4 is 10.6 Å². The van der Waals surface area contributed by atoms with Gasteiger partial charge in [-0.3, -0.25) is 9.59 Å². The fourth-order valence-electron chi connectivity index (χ4n) is 7.79. The summed E-state index contributed by atoms with van der Waals surface area (Å²) in [5.41, 5.74) is 12.5. The molecule has 8 nitrogen and oxygen atoms in total. The fourth-order valence-corrected chi connectivity index (χ4v) is 10.2. The van der Waals surface area contributed by atoms with Gasteiger partial charge in [0, 0.05) is 26.3 Å².